The molecule has 0 aliphatic carbocycles. The molecule has 2 heterocycles. The summed E-state index contributed by atoms with van der Waals surface area (Å²) in [7, 11) is 1.25. The van der Waals surface area contributed by atoms with E-state index in [0.717, 1.165) is 21.4 Å². The summed E-state index contributed by atoms with van der Waals surface area (Å²) in [5, 5.41) is 15.2. The quantitative estimate of drug-likeness (QED) is 0.809. The van der Waals surface area contributed by atoms with Gasteiger partial charge in [0.15, 0.2) is 0 Å². The molecular weight excluding hydrogens is 376 g/mol. The van der Waals surface area contributed by atoms with Crippen molar-refractivity contribution in [3.8, 4) is 11.6 Å². The highest BCUT2D eigenvalue weighted by molar-refractivity contribution is 9.10. The summed E-state index contributed by atoms with van der Waals surface area (Å²) in [4.78, 5) is 11.9. The molecule has 0 spiro atoms. The van der Waals surface area contributed by atoms with E-state index in [9.17, 15) is 9.90 Å². The molecule has 7 heteroatoms. The van der Waals surface area contributed by atoms with Crippen molar-refractivity contribution in [3.63, 3.8) is 0 Å². The number of rotatable bonds is 3. The van der Waals surface area contributed by atoms with Crippen LogP contribution in [0.3, 0.4) is 0 Å². The smallest absolute Gasteiger partial charge is 0.341 e. The Bertz CT molecular complexity index is 770. The Kier molecular flexibility index (Phi) is 4.40. The molecule has 1 unspecified atom stereocenters. The molecule has 0 bridgehead atoms. The summed E-state index contributed by atoms with van der Waals surface area (Å²) >= 11 is 3.41. The van der Waals surface area contributed by atoms with Gasteiger partial charge in [0.1, 0.15) is 6.61 Å². The minimum Gasteiger partial charge on any atom is -0.474 e. The van der Waals surface area contributed by atoms with E-state index in [2.05, 4.69) is 21.0 Å². The Hall–Kier alpha value is -1.86. The maximum absolute atomic E-state index is 11.9. The van der Waals surface area contributed by atoms with Crippen LogP contribution < -0.4 is 4.74 Å². The molecule has 0 radical (unpaired) electrons. The lowest BCUT2D eigenvalue weighted by Crippen LogP contribution is -2.49. The Morgan fingerprint density at radius 1 is 1.42 bits per heavy atom. The third kappa shape index (κ3) is 2.82. The van der Waals surface area contributed by atoms with Crippen LogP contribution in [0.5, 0.6) is 5.88 Å². The summed E-state index contributed by atoms with van der Waals surface area (Å²) in [6, 6.07) is 7.69. The fourth-order valence-corrected chi connectivity index (χ4v) is 3.10. The van der Waals surface area contributed by atoms with Crippen LogP contribution in [-0.4, -0.2) is 40.2 Å². The van der Waals surface area contributed by atoms with Crippen LogP contribution in [0.2, 0.25) is 0 Å². The first-order valence-electron chi connectivity index (χ1n) is 7.67. The fourth-order valence-electron chi connectivity index (χ4n) is 2.84. The largest absolute Gasteiger partial charge is 0.474 e. The number of hydrogen-bond acceptors (Lipinski definition) is 5. The van der Waals surface area contributed by atoms with Crippen molar-refractivity contribution >= 4 is 21.9 Å². The Morgan fingerprint density at radius 3 is 2.67 bits per heavy atom. The first-order chi connectivity index (χ1) is 11.4. The highest BCUT2D eigenvalue weighted by Crippen LogP contribution is 2.37. The molecule has 128 valence electrons. The highest BCUT2D eigenvalue weighted by atomic mass is 79.9. The summed E-state index contributed by atoms with van der Waals surface area (Å²) in [5.74, 6) is -0.00658. The van der Waals surface area contributed by atoms with Crippen LogP contribution in [0.1, 0.15) is 31.0 Å². The van der Waals surface area contributed by atoms with E-state index in [-0.39, 0.29) is 18.9 Å². The zero-order valence-electron chi connectivity index (χ0n) is 13.7. The van der Waals surface area contributed by atoms with Crippen molar-refractivity contribution in [1.82, 2.24) is 9.78 Å². The zero-order chi connectivity index (χ0) is 17.5. The van der Waals surface area contributed by atoms with Crippen LogP contribution in [0.15, 0.2) is 28.7 Å². The molecule has 0 saturated heterocycles. The van der Waals surface area contributed by atoms with E-state index in [4.69, 9.17) is 9.47 Å². The van der Waals surface area contributed by atoms with Gasteiger partial charge in [0.25, 0.3) is 0 Å². The number of halogens is 1. The molecule has 0 saturated carbocycles. The molecule has 3 rings (SSSR count). The maximum Gasteiger partial charge on any atom is 0.341 e. The lowest BCUT2D eigenvalue weighted by molar-refractivity contribution is -0.166. The number of hydrogen-bond donors (Lipinski definition) is 1. The van der Waals surface area contributed by atoms with Gasteiger partial charge in [0.05, 0.1) is 18.5 Å². The van der Waals surface area contributed by atoms with Crippen LogP contribution >= 0.6 is 15.9 Å². The van der Waals surface area contributed by atoms with Gasteiger partial charge < -0.3 is 14.6 Å². The van der Waals surface area contributed by atoms with Crippen molar-refractivity contribution in [2.75, 3.05) is 13.7 Å². The third-order valence-corrected chi connectivity index (χ3v) is 4.60. The normalized spacial score (nSPS) is 19.8. The number of nitrogens with zero attached hydrogens (tertiary/aromatic N) is 2. The number of esters is 1. The number of fused-ring (bicyclic) bond motifs is 1. The minimum atomic E-state index is -1.68. The molecule has 24 heavy (non-hydrogen) atoms. The molecular formula is C17H19BrN2O4. The first kappa shape index (κ1) is 17.0. The molecule has 1 aliphatic rings. The van der Waals surface area contributed by atoms with E-state index < -0.39 is 11.6 Å². The SMILES string of the molecule is COC(=O)C1(O)COc2c(c(C(C)C)nn2-c2ccc(Br)cc2)C1. The number of benzene rings is 1. The maximum atomic E-state index is 11.9. The lowest BCUT2D eigenvalue weighted by Gasteiger charge is -2.30. The third-order valence-electron chi connectivity index (χ3n) is 4.07. The van der Waals surface area contributed by atoms with Crippen molar-refractivity contribution in [2.45, 2.75) is 31.8 Å². The predicted molar refractivity (Wildman–Crippen MR) is 91.5 cm³/mol. The molecule has 1 aromatic heterocycles. The van der Waals surface area contributed by atoms with E-state index in [1.165, 1.54) is 7.11 Å². The van der Waals surface area contributed by atoms with Crippen molar-refractivity contribution in [3.05, 3.63) is 40.0 Å². The van der Waals surface area contributed by atoms with Gasteiger partial charge in [0, 0.05) is 16.5 Å². The lowest BCUT2D eigenvalue weighted by atomic mass is 9.91. The summed E-state index contributed by atoms with van der Waals surface area (Å²) < 4.78 is 13.1. The first-order valence-corrected chi connectivity index (χ1v) is 8.46. The van der Waals surface area contributed by atoms with Crippen LogP contribution in [-0.2, 0) is 16.0 Å². The highest BCUT2D eigenvalue weighted by Gasteiger charge is 2.45. The summed E-state index contributed by atoms with van der Waals surface area (Å²) in [5.41, 5.74) is 0.714. The van der Waals surface area contributed by atoms with E-state index in [0.29, 0.717) is 5.88 Å². The van der Waals surface area contributed by atoms with Gasteiger partial charge in [-0.25, -0.2) is 9.48 Å². The number of carbonyl (C=O) groups excluding carboxylic acids is 1. The molecule has 2 aromatic rings. The van der Waals surface area contributed by atoms with Gasteiger partial charge in [-0.15, -0.1) is 0 Å². The molecule has 1 aromatic carbocycles. The Morgan fingerprint density at radius 2 is 2.08 bits per heavy atom. The molecule has 1 aliphatic heterocycles. The monoisotopic (exact) mass is 394 g/mol. The number of aromatic nitrogens is 2. The van der Waals surface area contributed by atoms with Crippen LogP contribution in [0.4, 0.5) is 0 Å². The minimum absolute atomic E-state index is 0.124. The van der Waals surface area contributed by atoms with Gasteiger partial charge in [-0.2, -0.15) is 5.10 Å². The average Bonchev–Trinajstić information content (AvgIpc) is 2.93. The van der Waals surface area contributed by atoms with Crippen molar-refractivity contribution in [1.29, 1.82) is 0 Å². The van der Waals surface area contributed by atoms with Gasteiger partial charge >= 0.3 is 5.97 Å². The van der Waals surface area contributed by atoms with Crippen molar-refractivity contribution in [2.24, 2.45) is 0 Å². The average molecular weight is 395 g/mol. The Labute approximate surface area is 148 Å². The van der Waals surface area contributed by atoms with Crippen molar-refractivity contribution < 1.29 is 19.4 Å². The standard InChI is InChI=1S/C17H19BrN2O4/c1-10(2)14-13-8-17(22,16(21)23-3)9-24-15(13)20(19-14)12-6-4-11(18)5-7-12/h4-7,10,22H,8-9H2,1-3H3. The predicted octanol–water partition coefficient (Wildman–Crippen LogP) is 2.60. The van der Waals surface area contributed by atoms with E-state index in [1.807, 2.05) is 38.1 Å². The second-order valence-electron chi connectivity index (χ2n) is 6.20. The number of aliphatic hydroxyl groups is 1. The van der Waals surface area contributed by atoms with Gasteiger partial charge in [-0.3, -0.25) is 0 Å². The second kappa shape index (κ2) is 6.22. The van der Waals surface area contributed by atoms with Crippen LogP contribution in [0, 0.1) is 0 Å². The summed E-state index contributed by atoms with van der Waals surface area (Å²) in [6.07, 6.45) is 0.124. The van der Waals surface area contributed by atoms with E-state index in [1.54, 1.807) is 4.68 Å². The van der Waals surface area contributed by atoms with Gasteiger partial charge in [-0.1, -0.05) is 29.8 Å². The second-order valence-corrected chi connectivity index (χ2v) is 7.12. The molecule has 0 amide bonds. The molecule has 1 atom stereocenters. The molecule has 0 fully saturated rings. The topological polar surface area (TPSA) is 73.6 Å². The molecule has 1 N–H and O–H groups in total. The summed E-state index contributed by atoms with van der Waals surface area (Å²) in [6.45, 7) is 3.87. The number of methoxy groups -OCH3 is 1. The number of carbonyl (C=O) groups is 1. The molecule has 6 nitrogen and oxygen atoms in total. The zero-order valence-corrected chi connectivity index (χ0v) is 15.3. The fraction of sp³-hybridized carbons (Fsp3) is 0.412. The van der Waals surface area contributed by atoms with E-state index >= 15 is 0 Å². The van der Waals surface area contributed by atoms with Crippen LogP contribution in [0.25, 0.3) is 5.69 Å². The van der Waals surface area contributed by atoms with Gasteiger partial charge in [-0.05, 0) is 30.2 Å². The Balaban J connectivity index is 2.09. The van der Waals surface area contributed by atoms with Gasteiger partial charge in [0.2, 0.25) is 11.5 Å². The number of ether oxygens (including phenoxy) is 2.